The lowest BCUT2D eigenvalue weighted by Gasteiger charge is -2.31. The highest BCUT2D eigenvalue weighted by Gasteiger charge is 2.27. The van der Waals surface area contributed by atoms with Gasteiger partial charge in [-0.15, -0.1) is 0 Å². The van der Waals surface area contributed by atoms with Crippen molar-refractivity contribution in [3.05, 3.63) is 59.7 Å². The van der Waals surface area contributed by atoms with E-state index in [2.05, 4.69) is 5.32 Å². The third-order valence-corrected chi connectivity index (χ3v) is 6.50. The van der Waals surface area contributed by atoms with E-state index < -0.39 is 10.0 Å². The molecule has 0 unspecified atom stereocenters. The van der Waals surface area contributed by atoms with Gasteiger partial charge in [0, 0.05) is 31.1 Å². The molecule has 2 aromatic rings. The van der Waals surface area contributed by atoms with Gasteiger partial charge in [0.25, 0.3) is 0 Å². The maximum absolute atomic E-state index is 12.6. The third-order valence-electron chi connectivity index (χ3n) is 5.45. The number of hydrogen-bond donors (Lipinski definition) is 2. The maximum Gasteiger partial charge on any atom is 0.238 e. The second-order valence-electron chi connectivity index (χ2n) is 7.66. The van der Waals surface area contributed by atoms with Crippen molar-refractivity contribution in [1.29, 1.82) is 0 Å². The van der Waals surface area contributed by atoms with E-state index in [1.54, 1.807) is 19.1 Å². The molecule has 3 N–H and O–H groups in total. The lowest BCUT2D eigenvalue weighted by atomic mass is 9.95. The standard InChI is InChI=1S/C22H27N3O4S/c1-16-7-9-19(15-20(16)30(23,28)29)24-22(27)18-11-13-25(14-12-18)21(26)10-8-17-5-3-2-4-6-17/h2-7,9,15,18H,8,10-14H2,1H3,(H,24,27)(H2,23,28,29). The fourth-order valence-corrected chi connectivity index (χ4v) is 4.48. The van der Waals surface area contributed by atoms with Gasteiger partial charge in [-0.2, -0.15) is 0 Å². The van der Waals surface area contributed by atoms with Gasteiger partial charge in [0.05, 0.1) is 4.90 Å². The molecule has 1 heterocycles. The summed E-state index contributed by atoms with van der Waals surface area (Å²) in [6, 6.07) is 14.5. The average Bonchev–Trinajstić information content (AvgIpc) is 2.73. The fourth-order valence-electron chi connectivity index (χ4n) is 3.67. The molecule has 0 aliphatic carbocycles. The van der Waals surface area contributed by atoms with E-state index in [-0.39, 0.29) is 22.6 Å². The number of nitrogens with two attached hydrogens (primary N) is 1. The lowest BCUT2D eigenvalue weighted by molar-refractivity contribution is -0.134. The quantitative estimate of drug-likeness (QED) is 0.735. The van der Waals surface area contributed by atoms with Crippen molar-refractivity contribution < 1.29 is 18.0 Å². The number of carbonyl (C=O) groups excluding carboxylic acids is 2. The number of nitrogens with zero attached hydrogens (tertiary/aromatic N) is 1. The van der Waals surface area contributed by atoms with Gasteiger partial charge in [-0.1, -0.05) is 36.4 Å². The molecule has 0 radical (unpaired) electrons. The highest BCUT2D eigenvalue weighted by molar-refractivity contribution is 7.89. The summed E-state index contributed by atoms with van der Waals surface area (Å²) in [5, 5.41) is 8.01. The van der Waals surface area contributed by atoms with E-state index in [1.165, 1.54) is 6.07 Å². The zero-order valence-corrected chi connectivity index (χ0v) is 17.8. The summed E-state index contributed by atoms with van der Waals surface area (Å²) >= 11 is 0. The number of piperidine rings is 1. The van der Waals surface area contributed by atoms with Crippen LogP contribution in [-0.2, 0) is 26.0 Å². The Morgan fingerprint density at radius 3 is 2.40 bits per heavy atom. The predicted octanol–water partition coefficient (Wildman–Crippen LogP) is 2.45. The first-order valence-electron chi connectivity index (χ1n) is 10.00. The molecule has 160 valence electrons. The Morgan fingerprint density at radius 2 is 1.77 bits per heavy atom. The van der Waals surface area contributed by atoms with Crippen LogP contribution in [0.3, 0.4) is 0 Å². The highest BCUT2D eigenvalue weighted by Crippen LogP contribution is 2.23. The number of carbonyl (C=O) groups is 2. The lowest BCUT2D eigenvalue weighted by Crippen LogP contribution is -2.41. The zero-order chi connectivity index (χ0) is 21.7. The van der Waals surface area contributed by atoms with Gasteiger partial charge in [0.2, 0.25) is 21.8 Å². The largest absolute Gasteiger partial charge is 0.343 e. The van der Waals surface area contributed by atoms with Gasteiger partial charge in [-0.05, 0) is 49.4 Å². The minimum atomic E-state index is -3.85. The summed E-state index contributed by atoms with van der Waals surface area (Å²) in [6.45, 7) is 2.74. The Labute approximate surface area is 177 Å². The van der Waals surface area contributed by atoms with Gasteiger partial charge in [-0.25, -0.2) is 13.6 Å². The summed E-state index contributed by atoms with van der Waals surface area (Å²) < 4.78 is 23.3. The number of anilines is 1. The van der Waals surface area contributed by atoms with Gasteiger partial charge in [0.15, 0.2) is 0 Å². The normalized spacial score (nSPS) is 15.1. The number of benzene rings is 2. The Balaban J connectivity index is 1.51. The number of hydrogen-bond acceptors (Lipinski definition) is 4. The number of aryl methyl sites for hydroxylation is 2. The second kappa shape index (κ2) is 9.40. The summed E-state index contributed by atoms with van der Waals surface area (Å²) in [5.74, 6) is -0.285. The molecule has 2 aromatic carbocycles. The molecule has 0 bridgehead atoms. The Morgan fingerprint density at radius 1 is 1.10 bits per heavy atom. The van der Waals surface area contributed by atoms with Crippen LogP contribution in [0.25, 0.3) is 0 Å². The van der Waals surface area contributed by atoms with E-state index in [9.17, 15) is 18.0 Å². The van der Waals surface area contributed by atoms with E-state index >= 15 is 0 Å². The minimum Gasteiger partial charge on any atom is -0.343 e. The van der Waals surface area contributed by atoms with Crippen LogP contribution in [0, 0.1) is 12.8 Å². The molecule has 1 fully saturated rings. The molecule has 7 nitrogen and oxygen atoms in total. The van der Waals surface area contributed by atoms with Crippen molar-refractivity contribution in [2.75, 3.05) is 18.4 Å². The van der Waals surface area contributed by atoms with Crippen molar-refractivity contribution in [3.63, 3.8) is 0 Å². The summed E-state index contributed by atoms with van der Waals surface area (Å²) in [4.78, 5) is 26.9. The first-order valence-corrected chi connectivity index (χ1v) is 11.5. The van der Waals surface area contributed by atoms with Crippen LogP contribution in [0.4, 0.5) is 5.69 Å². The van der Waals surface area contributed by atoms with Crippen molar-refractivity contribution >= 4 is 27.5 Å². The molecule has 1 saturated heterocycles. The van der Waals surface area contributed by atoms with Crippen LogP contribution in [0.5, 0.6) is 0 Å². The zero-order valence-electron chi connectivity index (χ0n) is 17.0. The molecule has 8 heteroatoms. The molecule has 0 atom stereocenters. The SMILES string of the molecule is Cc1ccc(NC(=O)C2CCN(C(=O)CCc3ccccc3)CC2)cc1S(N)(=O)=O. The second-order valence-corrected chi connectivity index (χ2v) is 9.19. The molecular formula is C22H27N3O4S. The highest BCUT2D eigenvalue weighted by atomic mass is 32.2. The molecule has 1 aliphatic heterocycles. The van der Waals surface area contributed by atoms with Crippen molar-refractivity contribution in [3.8, 4) is 0 Å². The van der Waals surface area contributed by atoms with Crippen LogP contribution in [-0.4, -0.2) is 38.2 Å². The number of amides is 2. The van der Waals surface area contributed by atoms with Crippen LogP contribution in [0.1, 0.15) is 30.4 Å². The first-order chi connectivity index (χ1) is 14.2. The van der Waals surface area contributed by atoms with Gasteiger partial charge >= 0.3 is 0 Å². The van der Waals surface area contributed by atoms with E-state index in [4.69, 9.17) is 5.14 Å². The average molecular weight is 430 g/mol. The number of primary sulfonamides is 1. The summed E-state index contributed by atoms with van der Waals surface area (Å²) in [5.41, 5.74) is 2.06. The van der Waals surface area contributed by atoms with Crippen molar-refractivity contribution in [2.24, 2.45) is 11.1 Å². The topological polar surface area (TPSA) is 110 Å². The number of nitrogens with one attached hydrogen (secondary N) is 1. The number of rotatable bonds is 6. The molecule has 0 aromatic heterocycles. The van der Waals surface area contributed by atoms with Crippen LogP contribution in [0.15, 0.2) is 53.4 Å². The smallest absolute Gasteiger partial charge is 0.238 e. The molecular weight excluding hydrogens is 402 g/mol. The summed E-state index contributed by atoms with van der Waals surface area (Å²) in [6.07, 6.45) is 2.33. The summed E-state index contributed by atoms with van der Waals surface area (Å²) in [7, 11) is -3.85. The van der Waals surface area contributed by atoms with Gasteiger partial charge in [-0.3, -0.25) is 9.59 Å². The van der Waals surface area contributed by atoms with E-state index in [1.807, 2.05) is 35.2 Å². The van der Waals surface area contributed by atoms with Crippen molar-refractivity contribution in [2.45, 2.75) is 37.5 Å². The monoisotopic (exact) mass is 429 g/mol. The minimum absolute atomic E-state index is 0.000804. The number of sulfonamides is 1. The molecule has 0 saturated carbocycles. The Bertz CT molecular complexity index is 1010. The molecule has 2 amide bonds. The first kappa shape index (κ1) is 22.0. The molecule has 3 rings (SSSR count). The maximum atomic E-state index is 12.6. The van der Waals surface area contributed by atoms with Gasteiger partial charge < -0.3 is 10.2 Å². The molecule has 0 spiro atoms. The predicted molar refractivity (Wildman–Crippen MR) is 115 cm³/mol. The van der Waals surface area contributed by atoms with Crippen LogP contribution in [0.2, 0.25) is 0 Å². The Hall–Kier alpha value is -2.71. The van der Waals surface area contributed by atoms with E-state index in [0.29, 0.717) is 50.0 Å². The molecule has 1 aliphatic rings. The third kappa shape index (κ3) is 5.67. The fraction of sp³-hybridized carbons (Fsp3) is 0.364. The van der Waals surface area contributed by atoms with Crippen LogP contribution < -0.4 is 10.5 Å². The number of likely N-dealkylation sites (tertiary alicyclic amines) is 1. The Kier molecular flexibility index (Phi) is 6.89. The van der Waals surface area contributed by atoms with Gasteiger partial charge in [0.1, 0.15) is 0 Å². The van der Waals surface area contributed by atoms with E-state index in [0.717, 1.165) is 5.56 Å². The van der Waals surface area contributed by atoms with Crippen LogP contribution >= 0.6 is 0 Å². The van der Waals surface area contributed by atoms with Crippen molar-refractivity contribution in [1.82, 2.24) is 4.90 Å². The molecule has 30 heavy (non-hydrogen) atoms.